The largest absolute Gasteiger partial charge is 0.316 e. The minimum absolute atomic E-state index is 0.528. The Hall–Kier alpha value is -0.180. The second-order valence-corrected chi connectivity index (χ2v) is 5.38. The first-order valence-electron chi connectivity index (χ1n) is 5.27. The number of hydrogen-bond acceptors (Lipinski definition) is 2. The molecule has 1 aromatic carbocycles. The van der Waals surface area contributed by atoms with Crippen LogP contribution in [0.25, 0.3) is 0 Å². The lowest BCUT2D eigenvalue weighted by atomic mass is 10.2. The summed E-state index contributed by atoms with van der Waals surface area (Å²) in [7, 11) is 2.01. The van der Waals surface area contributed by atoms with Crippen LogP contribution in [0.3, 0.4) is 0 Å². The van der Waals surface area contributed by atoms with Crippen molar-refractivity contribution in [1.29, 1.82) is 0 Å². The summed E-state index contributed by atoms with van der Waals surface area (Å²) >= 11 is 7.95. The molecule has 0 saturated heterocycles. The normalized spacial score (nSPS) is 14.9. The Labute approximate surface area is 102 Å². The van der Waals surface area contributed by atoms with E-state index in [0.29, 0.717) is 11.3 Å². The quantitative estimate of drug-likeness (QED) is 0.790. The first-order chi connectivity index (χ1) is 7.19. The summed E-state index contributed by atoms with van der Waals surface area (Å²) in [5.41, 5.74) is 0. The van der Waals surface area contributed by atoms with Crippen LogP contribution in [0.2, 0.25) is 5.02 Å². The SMILES string of the molecule is CCC(NC)C(C)Sc1ccccc1Cl. The summed E-state index contributed by atoms with van der Waals surface area (Å²) in [5, 5.41) is 4.70. The molecule has 0 aromatic heterocycles. The van der Waals surface area contributed by atoms with Crippen LogP contribution in [0.1, 0.15) is 20.3 Å². The zero-order valence-electron chi connectivity index (χ0n) is 9.46. The van der Waals surface area contributed by atoms with E-state index in [-0.39, 0.29) is 0 Å². The van der Waals surface area contributed by atoms with Crippen LogP contribution in [-0.4, -0.2) is 18.3 Å². The van der Waals surface area contributed by atoms with E-state index in [0.717, 1.165) is 11.4 Å². The van der Waals surface area contributed by atoms with Crippen molar-refractivity contribution in [3.05, 3.63) is 29.3 Å². The number of benzene rings is 1. The van der Waals surface area contributed by atoms with E-state index >= 15 is 0 Å². The minimum atomic E-state index is 0.528. The van der Waals surface area contributed by atoms with Gasteiger partial charge < -0.3 is 5.32 Å². The van der Waals surface area contributed by atoms with Crippen molar-refractivity contribution in [2.45, 2.75) is 36.5 Å². The molecule has 2 unspecified atom stereocenters. The lowest BCUT2D eigenvalue weighted by Crippen LogP contribution is -2.33. The van der Waals surface area contributed by atoms with Crippen LogP contribution in [0, 0.1) is 0 Å². The van der Waals surface area contributed by atoms with Crippen molar-refractivity contribution in [3.8, 4) is 0 Å². The van der Waals surface area contributed by atoms with Crippen molar-refractivity contribution in [2.75, 3.05) is 7.05 Å². The molecule has 84 valence electrons. The third-order valence-corrected chi connectivity index (χ3v) is 4.28. The number of rotatable bonds is 5. The zero-order valence-corrected chi connectivity index (χ0v) is 11.0. The number of thioether (sulfide) groups is 1. The molecular weight excluding hydrogens is 226 g/mol. The highest BCUT2D eigenvalue weighted by Gasteiger charge is 2.15. The first kappa shape index (κ1) is 12.9. The van der Waals surface area contributed by atoms with Gasteiger partial charge in [0.1, 0.15) is 0 Å². The molecule has 0 fully saturated rings. The molecule has 3 heteroatoms. The number of halogens is 1. The summed E-state index contributed by atoms with van der Waals surface area (Å²) in [6.45, 7) is 4.43. The Morgan fingerprint density at radius 1 is 1.40 bits per heavy atom. The minimum Gasteiger partial charge on any atom is -0.316 e. The maximum atomic E-state index is 6.12. The van der Waals surface area contributed by atoms with Crippen molar-refractivity contribution >= 4 is 23.4 Å². The van der Waals surface area contributed by atoms with E-state index in [9.17, 15) is 0 Å². The average molecular weight is 244 g/mol. The van der Waals surface area contributed by atoms with E-state index in [4.69, 9.17) is 11.6 Å². The fourth-order valence-electron chi connectivity index (χ4n) is 1.59. The second kappa shape index (κ2) is 6.41. The molecule has 0 aliphatic carbocycles. The van der Waals surface area contributed by atoms with E-state index in [1.165, 1.54) is 4.90 Å². The summed E-state index contributed by atoms with van der Waals surface area (Å²) in [5.74, 6) is 0. The van der Waals surface area contributed by atoms with Crippen molar-refractivity contribution in [1.82, 2.24) is 5.32 Å². The predicted octanol–water partition coefficient (Wildman–Crippen LogP) is 3.82. The lowest BCUT2D eigenvalue weighted by molar-refractivity contribution is 0.541. The van der Waals surface area contributed by atoms with Crippen LogP contribution < -0.4 is 5.32 Å². The third-order valence-electron chi connectivity index (χ3n) is 2.53. The average Bonchev–Trinajstić information content (AvgIpc) is 2.23. The molecule has 0 amide bonds. The fraction of sp³-hybridized carbons (Fsp3) is 0.500. The molecule has 0 saturated carbocycles. The van der Waals surface area contributed by atoms with Crippen LogP contribution >= 0.6 is 23.4 Å². The molecule has 0 bridgehead atoms. The molecule has 0 spiro atoms. The Morgan fingerprint density at radius 3 is 2.60 bits per heavy atom. The van der Waals surface area contributed by atoms with Gasteiger partial charge >= 0.3 is 0 Å². The highest BCUT2D eigenvalue weighted by Crippen LogP contribution is 2.31. The molecular formula is C12H18ClNS. The monoisotopic (exact) mass is 243 g/mol. The van der Waals surface area contributed by atoms with Gasteiger partial charge in [-0.3, -0.25) is 0 Å². The topological polar surface area (TPSA) is 12.0 Å². The highest BCUT2D eigenvalue weighted by atomic mass is 35.5. The van der Waals surface area contributed by atoms with Crippen molar-refractivity contribution in [3.63, 3.8) is 0 Å². The van der Waals surface area contributed by atoms with E-state index in [1.807, 2.05) is 37.0 Å². The van der Waals surface area contributed by atoms with E-state index < -0.39 is 0 Å². The number of nitrogens with one attached hydrogen (secondary N) is 1. The van der Waals surface area contributed by atoms with Crippen LogP contribution in [0.15, 0.2) is 29.2 Å². The lowest BCUT2D eigenvalue weighted by Gasteiger charge is -2.21. The van der Waals surface area contributed by atoms with Gasteiger partial charge in [-0.15, -0.1) is 11.8 Å². The van der Waals surface area contributed by atoms with Gasteiger partial charge in [-0.25, -0.2) is 0 Å². The van der Waals surface area contributed by atoms with Gasteiger partial charge in [-0.2, -0.15) is 0 Å². The van der Waals surface area contributed by atoms with Gasteiger partial charge in [0.25, 0.3) is 0 Å². The molecule has 1 aromatic rings. The number of hydrogen-bond donors (Lipinski definition) is 1. The standard InChI is InChI=1S/C12H18ClNS/c1-4-11(14-3)9(2)15-12-8-6-5-7-10(12)13/h5-9,11,14H,4H2,1-3H3. The predicted molar refractivity (Wildman–Crippen MR) is 69.9 cm³/mol. The van der Waals surface area contributed by atoms with Crippen molar-refractivity contribution in [2.24, 2.45) is 0 Å². The second-order valence-electron chi connectivity index (χ2n) is 3.56. The molecule has 1 nitrogen and oxygen atoms in total. The van der Waals surface area contributed by atoms with Crippen LogP contribution in [-0.2, 0) is 0 Å². The van der Waals surface area contributed by atoms with Gasteiger partial charge in [0.2, 0.25) is 0 Å². The van der Waals surface area contributed by atoms with Gasteiger partial charge in [-0.1, -0.05) is 37.6 Å². The molecule has 0 radical (unpaired) electrons. The molecule has 2 atom stereocenters. The van der Waals surface area contributed by atoms with Gasteiger partial charge in [0, 0.05) is 16.2 Å². The summed E-state index contributed by atoms with van der Waals surface area (Å²) in [6.07, 6.45) is 1.13. The summed E-state index contributed by atoms with van der Waals surface area (Å²) in [6, 6.07) is 8.54. The molecule has 1 N–H and O–H groups in total. The van der Waals surface area contributed by atoms with Crippen LogP contribution in [0.5, 0.6) is 0 Å². The van der Waals surface area contributed by atoms with Gasteiger partial charge in [-0.05, 0) is 25.6 Å². The summed E-state index contributed by atoms with van der Waals surface area (Å²) in [4.78, 5) is 1.17. The maximum Gasteiger partial charge on any atom is 0.0541 e. The first-order valence-corrected chi connectivity index (χ1v) is 6.53. The van der Waals surface area contributed by atoms with Gasteiger partial charge in [0.05, 0.1) is 5.02 Å². The van der Waals surface area contributed by atoms with E-state index in [1.54, 1.807) is 0 Å². The Kier molecular flexibility index (Phi) is 5.51. The van der Waals surface area contributed by atoms with E-state index in [2.05, 4.69) is 25.2 Å². The zero-order chi connectivity index (χ0) is 11.3. The smallest absolute Gasteiger partial charge is 0.0541 e. The Balaban J connectivity index is 2.65. The molecule has 15 heavy (non-hydrogen) atoms. The summed E-state index contributed by atoms with van der Waals surface area (Å²) < 4.78 is 0. The molecule has 0 heterocycles. The fourth-order valence-corrected chi connectivity index (χ4v) is 3.09. The van der Waals surface area contributed by atoms with Gasteiger partial charge in [0.15, 0.2) is 0 Å². The molecule has 1 rings (SSSR count). The highest BCUT2D eigenvalue weighted by molar-refractivity contribution is 8.00. The Morgan fingerprint density at radius 2 is 2.07 bits per heavy atom. The molecule has 0 aliphatic heterocycles. The van der Waals surface area contributed by atoms with Crippen molar-refractivity contribution < 1.29 is 0 Å². The van der Waals surface area contributed by atoms with Crippen LogP contribution in [0.4, 0.5) is 0 Å². The Bertz CT molecular complexity index is 299. The maximum absolute atomic E-state index is 6.12. The molecule has 0 aliphatic rings. The third kappa shape index (κ3) is 3.71.